The lowest BCUT2D eigenvalue weighted by molar-refractivity contribution is 0.0594. The lowest BCUT2D eigenvalue weighted by Crippen LogP contribution is -2.44. The number of aryl methyl sites for hydroxylation is 1. The third kappa shape index (κ3) is 3.07. The van der Waals surface area contributed by atoms with Crippen molar-refractivity contribution in [2.75, 3.05) is 19.7 Å². The number of carbonyl (C=O) groups is 2. The van der Waals surface area contributed by atoms with E-state index in [4.69, 9.17) is 0 Å². The average Bonchev–Trinajstić information content (AvgIpc) is 3.36. The van der Waals surface area contributed by atoms with E-state index in [0.29, 0.717) is 36.1 Å². The van der Waals surface area contributed by atoms with Crippen molar-refractivity contribution in [2.24, 2.45) is 0 Å². The van der Waals surface area contributed by atoms with E-state index in [9.17, 15) is 23.5 Å². The van der Waals surface area contributed by atoms with Gasteiger partial charge in [0.05, 0.1) is 18.8 Å². The minimum absolute atomic E-state index is 0.101. The highest BCUT2D eigenvalue weighted by molar-refractivity contribution is 5.99. The number of H-pyrrole nitrogens is 1. The first kappa shape index (κ1) is 20.3. The van der Waals surface area contributed by atoms with E-state index in [1.807, 2.05) is 0 Å². The molecule has 172 valence electrons. The van der Waals surface area contributed by atoms with Crippen LogP contribution >= 0.6 is 0 Å². The van der Waals surface area contributed by atoms with Gasteiger partial charge in [-0.15, -0.1) is 0 Å². The first-order chi connectivity index (χ1) is 15.9. The van der Waals surface area contributed by atoms with Gasteiger partial charge in [0.15, 0.2) is 11.6 Å². The number of aromatic amines is 1. The summed E-state index contributed by atoms with van der Waals surface area (Å²) in [4.78, 5) is 33.0. The van der Waals surface area contributed by atoms with Crippen LogP contribution in [0.5, 0.6) is 0 Å². The molecule has 2 aromatic heterocycles. The zero-order valence-corrected chi connectivity index (χ0v) is 17.9. The van der Waals surface area contributed by atoms with E-state index < -0.39 is 11.6 Å². The summed E-state index contributed by atoms with van der Waals surface area (Å²) >= 11 is 0. The van der Waals surface area contributed by atoms with Crippen LogP contribution in [0.25, 0.3) is 10.9 Å². The number of nitrogens with zero attached hydrogens (tertiary/aromatic N) is 4. The quantitative estimate of drug-likeness (QED) is 0.633. The molecule has 4 heterocycles. The Labute approximate surface area is 187 Å². The molecule has 8 nitrogen and oxygen atoms in total. The molecule has 0 saturated heterocycles. The van der Waals surface area contributed by atoms with Crippen LogP contribution in [0.1, 0.15) is 51.5 Å². The molecule has 0 atom stereocenters. The number of carbonyl (C=O) groups excluding carboxylic acids is 2. The lowest BCUT2D eigenvalue weighted by atomic mass is 10.0. The summed E-state index contributed by atoms with van der Waals surface area (Å²) in [7, 11) is 0. The number of hydrogen-bond acceptors (Lipinski definition) is 4. The van der Waals surface area contributed by atoms with E-state index in [0.717, 1.165) is 42.7 Å². The van der Waals surface area contributed by atoms with Crippen LogP contribution in [0.4, 0.5) is 8.78 Å². The summed E-state index contributed by atoms with van der Waals surface area (Å²) in [6.07, 6.45) is 3.18. The highest BCUT2D eigenvalue weighted by Gasteiger charge is 2.52. The van der Waals surface area contributed by atoms with Gasteiger partial charge in [-0.1, -0.05) is 0 Å². The van der Waals surface area contributed by atoms with E-state index in [-0.39, 0.29) is 42.7 Å². The first-order valence-corrected chi connectivity index (χ1v) is 11.2. The van der Waals surface area contributed by atoms with Crippen LogP contribution in [0.15, 0.2) is 18.2 Å². The molecule has 1 spiro atoms. The molecule has 1 aromatic carbocycles. The highest BCUT2D eigenvalue weighted by Crippen LogP contribution is 2.47. The lowest BCUT2D eigenvalue weighted by Gasteiger charge is -2.30. The van der Waals surface area contributed by atoms with Crippen molar-refractivity contribution in [3.05, 3.63) is 52.5 Å². The van der Waals surface area contributed by atoms with E-state index >= 15 is 0 Å². The number of hydrogen-bond donors (Lipinski definition) is 2. The maximum absolute atomic E-state index is 13.6. The minimum Gasteiger partial charge on any atom is -0.395 e. The van der Waals surface area contributed by atoms with Gasteiger partial charge in [0.1, 0.15) is 11.4 Å². The van der Waals surface area contributed by atoms with Crippen molar-refractivity contribution in [3.8, 4) is 0 Å². The van der Waals surface area contributed by atoms with Crippen LogP contribution in [0, 0.1) is 11.6 Å². The van der Waals surface area contributed by atoms with Crippen molar-refractivity contribution >= 4 is 22.7 Å². The van der Waals surface area contributed by atoms with Crippen LogP contribution < -0.4 is 0 Å². The normalized spacial score (nSPS) is 19.1. The van der Waals surface area contributed by atoms with Gasteiger partial charge >= 0.3 is 0 Å². The molecular formula is C23H23F2N5O3. The second kappa shape index (κ2) is 7.11. The van der Waals surface area contributed by atoms with Gasteiger partial charge in [-0.2, -0.15) is 5.10 Å². The molecule has 2 amide bonds. The van der Waals surface area contributed by atoms with Gasteiger partial charge in [-0.25, -0.2) is 8.78 Å². The number of halogens is 2. The van der Waals surface area contributed by atoms with Gasteiger partial charge in [0.2, 0.25) is 0 Å². The number of amides is 2. The van der Waals surface area contributed by atoms with Crippen LogP contribution in [0.2, 0.25) is 0 Å². The number of rotatable bonds is 3. The molecule has 33 heavy (non-hydrogen) atoms. The van der Waals surface area contributed by atoms with Crippen molar-refractivity contribution < 1.29 is 23.5 Å². The fourth-order valence-corrected chi connectivity index (χ4v) is 5.31. The fourth-order valence-electron chi connectivity index (χ4n) is 5.31. The molecular weight excluding hydrogens is 432 g/mol. The van der Waals surface area contributed by atoms with Gasteiger partial charge in [0, 0.05) is 54.1 Å². The van der Waals surface area contributed by atoms with Crippen molar-refractivity contribution in [1.82, 2.24) is 24.6 Å². The Morgan fingerprint density at radius 2 is 1.94 bits per heavy atom. The van der Waals surface area contributed by atoms with Crippen LogP contribution in [-0.4, -0.2) is 66.7 Å². The summed E-state index contributed by atoms with van der Waals surface area (Å²) in [6, 6.07) is 3.61. The van der Waals surface area contributed by atoms with Crippen molar-refractivity contribution in [3.63, 3.8) is 0 Å². The molecule has 3 aliphatic rings. The van der Waals surface area contributed by atoms with Crippen LogP contribution in [0.3, 0.4) is 0 Å². The van der Waals surface area contributed by atoms with Crippen molar-refractivity contribution in [1.29, 1.82) is 0 Å². The largest absolute Gasteiger partial charge is 0.395 e. The number of nitrogens with one attached hydrogen (secondary N) is 1. The molecule has 0 unspecified atom stereocenters. The Hall–Kier alpha value is -3.27. The molecule has 0 radical (unpaired) electrons. The first-order valence-electron chi connectivity index (χ1n) is 11.2. The number of β-amino-alcohol motifs (C(OH)–C–C–N with tert-alkyl or cyclic N) is 1. The van der Waals surface area contributed by atoms with Gasteiger partial charge in [0.25, 0.3) is 11.8 Å². The zero-order valence-electron chi connectivity index (χ0n) is 17.9. The number of fused-ring (bicyclic) bond motifs is 4. The topological polar surface area (TPSA) is 94.5 Å². The molecule has 6 rings (SSSR count). The van der Waals surface area contributed by atoms with Gasteiger partial charge < -0.3 is 19.9 Å². The number of aliphatic hydroxyl groups excluding tert-OH is 1. The summed E-state index contributed by atoms with van der Waals surface area (Å²) in [5, 5.41) is 14.6. The Bertz CT molecular complexity index is 1270. The Morgan fingerprint density at radius 3 is 2.70 bits per heavy atom. The number of aromatic nitrogens is 3. The maximum Gasteiger partial charge on any atom is 0.273 e. The highest BCUT2D eigenvalue weighted by atomic mass is 19.2. The Morgan fingerprint density at radius 1 is 1.15 bits per heavy atom. The Balaban J connectivity index is 1.32. The fraction of sp³-hybridized carbons (Fsp3) is 0.435. The van der Waals surface area contributed by atoms with E-state index in [2.05, 4.69) is 10.1 Å². The van der Waals surface area contributed by atoms with Gasteiger partial charge in [-0.05, 0) is 31.4 Å². The number of benzene rings is 1. The maximum atomic E-state index is 13.6. The molecule has 0 bridgehead atoms. The molecule has 1 saturated carbocycles. The summed E-state index contributed by atoms with van der Waals surface area (Å²) in [5.41, 5.74) is 2.46. The zero-order chi connectivity index (χ0) is 22.9. The minimum atomic E-state index is -0.979. The molecule has 2 aliphatic heterocycles. The van der Waals surface area contributed by atoms with E-state index in [1.54, 1.807) is 14.5 Å². The third-order valence-electron chi connectivity index (χ3n) is 7.24. The predicted molar refractivity (Wildman–Crippen MR) is 114 cm³/mol. The van der Waals surface area contributed by atoms with Crippen LogP contribution in [-0.2, 0) is 19.5 Å². The molecule has 1 aliphatic carbocycles. The van der Waals surface area contributed by atoms with Gasteiger partial charge in [-0.3, -0.25) is 14.3 Å². The summed E-state index contributed by atoms with van der Waals surface area (Å²) in [5.74, 6) is -2.39. The molecule has 2 N–H and O–H groups in total. The van der Waals surface area contributed by atoms with Crippen molar-refractivity contribution in [2.45, 2.75) is 44.3 Å². The Kier molecular flexibility index (Phi) is 4.39. The second-order valence-corrected chi connectivity index (χ2v) is 9.17. The predicted octanol–water partition coefficient (Wildman–Crippen LogP) is 2.21. The SMILES string of the molecule is O=C(c1cc2cc(F)c(F)cc2[nH]1)N1CCc2nn3c(c2C1)C(=O)N(CCO)C1(CC3)CC1. The molecule has 10 heteroatoms. The molecule has 3 aromatic rings. The smallest absolute Gasteiger partial charge is 0.273 e. The number of aliphatic hydroxyl groups is 1. The van der Waals surface area contributed by atoms with E-state index in [1.165, 1.54) is 6.07 Å². The summed E-state index contributed by atoms with van der Waals surface area (Å²) < 4.78 is 28.9. The molecule has 1 fully saturated rings. The average molecular weight is 455 g/mol. The standard InChI is InChI=1S/C23H23F2N5O3/c24-15-9-13-10-19(26-18(13)11-16(15)25)21(32)28-5-1-17-14(12-28)20-22(33)29(7-8-31)23(2-3-23)4-6-30(20)27-17/h9-11,26,31H,1-8,12H2. The summed E-state index contributed by atoms with van der Waals surface area (Å²) in [6.45, 7) is 1.47. The second-order valence-electron chi connectivity index (χ2n) is 9.17. The third-order valence-corrected chi connectivity index (χ3v) is 7.24. The monoisotopic (exact) mass is 455 g/mol.